The molecule has 0 aliphatic rings. The highest BCUT2D eigenvalue weighted by molar-refractivity contribution is 6.39. The number of nitrogens with zero attached hydrogens (tertiary/aromatic N) is 2. The molecule has 7 heteroatoms. The lowest BCUT2D eigenvalue weighted by Gasteiger charge is -2.15. The Bertz CT molecular complexity index is 770. The van der Waals surface area contributed by atoms with E-state index in [0.29, 0.717) is 38.3 Å². The fourth-order valence-corrected chi connectivity index (χ4v) is 2.33. The van der Waals surface area contributed by atoms with Crippen molar-refractivity contribution in [2.45, 2.75) is 0 Å². The Balaban J connectivity index is 2.25. The van der Waals surface area contributed by atoms with Crippen LogP contribution >= 0.6 is 23.2 Å². The molecule has 2 N–H and O–H groups in total. The zero-order valence-corrected chi connectivity index (χ0v) is 13.0. The van der Waals surface area contributed by atoms with Gasteiger partial charge in [0.05, 0.1) is 51.8 Å². The molecule has 0 bridgehead atoms. The van der Waals surface area contributed by atoms with E-state index in [1.54, 1.807) is 18.2 Å². The predicted octanol–water partition coefficient (Wildman–Crippen LogP) is 4.18. The first-order chi connectivity index (χ1) is 10.6. The van der Waals surface area contributed by atoms with Gasteiger partial charge in [0.2, 0.25) is 0 Å². The Hall–Kier alpha value is -2.60. The summed E-state index contributed by atoms with van der Waals surface area (Å²) in [5.41, 5.74) is 7.69. The minimum absolute atomic E-state index is 0.309. The molecule has 2 rings (SSSR count). The Morgan fingerprint density at radius 3 is 2.14 bits per heavy atom. The van der Waals surface area contributed by atoms with Crippen LogP contribution in [0.25, 0.3) is 0 Å². The van der Waals surface area contributed by atoms with E-state index in [1.807, 2.05) is 12.1 Å². The van der Waals surface area contributed by atoms with E-state index in [9.17, 15) is 0 Å². The smallest absolute Gasteiger partial charge is 0.145 e. The Kier molecular flexibility index (Phi) is 4.95. The molecule has 0 aliphatic heterocycles. The van der Waals surface area contributed by atoms with Crippen LogP contribution in [0.4, 0.5) is 11.4 Å². The van der Waals surface area contributed by atoms with Crippen molar-refractivity contribution >= 4 is 34.6 Å². The number of anilines is 2. The Labute approximate surface area is 137 Å². The summed E-state index contributed by atoms with van der Waals surface area (Å²) in [5, 5.41) is 18.4. The number of rotatable bonds is 4. The number of methoxy groups -OCH3 is 1. The van der Waals surface area contributed by atoms with Gasteiger partial charge >= 0.3 is 0 Å². The van der Waals surface area contributed by atoms with Gasteiger partial charge in [0, 0.05) is 6.07 Å². The monoisotopic (exact) mass is 332 g/mol. The van der Waals surface area contributed by atoms with Crippen LogP contribution < -0.4 is 15.6 Å². The second-order valence-electron chi connectivity index (χ2n) is 4.20. The molecular weight excluding hydrogens is 323 g/mol. The molecule has 0 heterocycles. The molecule has 0 saturated heterocycles. The third-order valence-electron chi connectivity index (χ3n) is 2.82. The number of ether oxygens (including phenoxy) is 1. The van der Waals surface area contributed by atoms with Crippen LogP contribution in [0, 0.1) is 22.7 Å². The normalized spacial score (nSPS) is 9.50. The molecule has 0 radical (unpaired) electrons. The Morgan fingerprint density at radius 1 is 0.955 bits per heavy atom. The average Bonchev–Trinajstić information content (AvgIpc) is 2.53. The van der Waals surface area contributed by atoms with Crippen LogP contribution in [0.5, 0.6) is 5.75 Å². The van der Waals surface area contributed by atoms with Gasteiger partial charge in [-0.1, -0.05) is 23.2 Å². The number of hydrogen-bond acceptors (Lipinski definition) is 5. The maximum Gasteiger partial charge on any atom is 0.145 e. The quantitative estimate of drug-likeness (QED) is 0.820. The number of halogens is 2. The summed E-state index contributed by atoms with van der Waals surface area (Å²) in [5.74, 6) is 0.493. The summed E-state index contributed by atoms with van der Waals surface area (Å²) in [6.07, 6.45) is 0. The van der Waals surface area contributed by atoms with E-state index in [4.69, 9.17) is 38.5 Å². The topological polar surface area (TPSA) is 80.9 Å². The zero-order chi connectivity index (χ0) is 16.1. The Morgan fingerprint density at radius 2 is 1.59 bits per heavy atom. The third kappa shape index (κ3) is 3.35. The van der Waals surface area contributed by atoms with Crippen molar-refractivity contribution < 1.29 is 4.74 Å². The lowest BCUT2D eigenvalue weighted by molar-refractivity contribution is 0.416. The fraction of sp³-hybridized carbons (Fsp3) is 0.0667. The molecule has 0 spiro atoms. The summed E-state index contributed by atoms with van der Waals surface area (Å²) in [6.45, 7) is 0. The first-order valence-corrected chi connectivity index (χ1v) is 6.84. The van der Waals surface area contributed by atoms with Crippen LogP contribution in [0.1, 0.15) is 11.1 Å². The van der Waals surface area contributed by atoms with Crippen molar-refractivity contribution in [3.63, 3.8) is 0 Å². The summed E-state index contributed by atoms with van der Waals surface area (Å²) >= 11 is 12.2. The van der Waals surface area contributed by atoms with Gasteiger partial charge in [0.25, 0.3) is 0 Å². The molecule has 5 nitrogen and oxygen atoms in total. The summed E-state index contributed by atoms with van der Waals surface area (Å²) in [4.78, 5) is 0. The van der Waals surface area contributed by atoms with Crippen molar-refractivity contribution in [2.75, 3.05) is 18.0 Å². The van der Waals surface area contributed by atoms with E-state index < -0.39 is 0 Å². The van der Waals surface area contributed by atoms with Gasteiger partial charge in [-0.2, -0.15) is 10.5 Å². The third-order valence-corrected chi connectivity index (χ3v) is 3.42. The summed E-state index contributed by atoms with van der Waals surface area (Å²) in [6, 6.07) is 12.0. The second kappa shape index (κ2) is 6.91. The highest BCUT2D eigenvalue weighted by atomic mass is 35.5. The molecule has 0 saturated carbocycles. The molecule has 0 atom stereocenters. The lowest BCUT2D eigenvalue weighted by Crippen LogP contribution is -2.10. The highest BCUT2D eigenvalue weighted by Gasteiger charge is 2.10. The summed E-state index contributed by atoms with van der Waals surface area (Å²) < 4.78 is 5.21. The zero-order valence-electron chi connectivity index (χ0n) is 11.4. The van der Waals surface area contributed by atoms with Crippen LogP contribution in [0.3, 0.4) is 0 Å². The van der Waals surface area contributed by atoms with Crippen molar-refractivity contribution in [3.05, 3.63) is 51.5 Å². The fourth-order valence-electron chi connectivity index (χ4n) is 1.75. The van der Waals surface area contributed by atoms with E-state index >= 15 is 0 Å². The molecule has 2 aromatic rings. The largest absolute Gasteiger partial charge is 0.494 e. The first kappa shape index (κ1) is 15.8. The minimum atomic E-state index is 0.309. The van der Waals surface area contributed by atoms with E-state index in [2.05, 4.69) is 10.9 Å². The summed E-state index contributed by atoms with van der Waals surface area (Å²) in [7, 11) is 1.50. The van der Waals surface area contributed by atoms with Crippen LogP contribution in [0.2, 0.25) is 10.0 Å². The van der Waals surface area contributed by atoms with Crippen molar-refractivity contribution in [3.8, 4) is 17.9 Å². The molecule has 0 fully saturated rings. The number of hydrogen-bond donors (Lipinski definition) is 2. The van der Waals surface area contributed by atoms with Gasteiger partial charge in [-0.3, -0.25) is 10.9 Å². The number of nitriles is 2. The van der Waals surface area contributed by atoms with Crippen molar-refractivity contribution in [1.82, 2.24) is 0 Å². The van der Waals surface area contributed by atoms with Gasteiger partial charge < -0.3 is 4.74 Å². The molecule has 0 amide bonds. The van der Waals surface area contributed by atoms with Gasteiger partial charge in [-0.25, -0.2) is 0 Å². The van der Waals surface area contributed by atoms with Crippen LogP contribution in [-0.4, -0.2) is 7.11 Å². The van der Waals surface area contributed by atoms with Gasteiger partial charge in [0.15, 0.2) is 0 Å². The average molecular weight is 333 g/mol. The van der Waals surface area contributed by atoms with E-state index in [0.717, 1.165) is 0 Å². The maximum absolute atomic E-state index is 8.88. The highest BCUT2D eigenvalue weighted by Crippen LogP contribution is 2.33. The second-order valence-corrected chi connectivity index (χ2v) is 5.02. The molecule has 110 valence electrons. The molecule has 0 aromatic heterocycles. The lowest BCUT2D eigenvalue weighted by atomic mass is 10.2. The maximum atomic E-state index is 8.88. The molecule has 0 unspecified atom stereocenters. The first-order valence-electron chi connectivity index (χ1n) is 6.08. The van der Waals surface area contributed by atoms with Crippen LogP contribution in [-0.2, 0) is 0 Å². The number of nitrogens with one attached hydrogen (secondary N) is 2. The van der Waals surface area contributed by atoms with E-state index in [1.165, 1.54) is 19.2 Å². The number of benzene rings is 2. The van der Waals surface area contributed by atoms with Gasteiger partial charge in [-0.15, -0.1) is 0 Å². The molecule has 2 aromatic carbocycles. The minimum Gasteiger partial charge on any atom is -0.494 e. The molecular formula is C15H10Cl2N4O. The van der Waals surface area contributed by atoms with Crippen LogP contribution in [0.15, 0.2) is 30.3 Å². The van der Waals surface area contributed by atoms with Gasteiger partial charge in [0.1, 0.15) is 5.75 Å². The van der Waals surface area contributed by atoms with Crippen molar-refractivity contribution in [2.24, 2.45) is 0 Å². The molecule has 22 heavy (non-hydrogen) atoms. The SMILES string of the molecule is COc1cc(C#N)ccc1NNc1c(Cl)cc(C#N)cc1Cl. The van der Waals surface area contributed by atoms with E-state index in [-0.39, 0.29) is 0 Å². The van der Waals surface area contributed by atoms with Gasteiger partial charge in [-0.05, 0) is 24.3 Å². The van der Waals surface area contributed by atoms with Crippen molar-refractivity contribution in [1.29, 1.82) is 10.5 Å². The predicted molar refractivity (Wildman–Crippen MR) is 86.1 cm³/mol. The standard InChI is InChI=1S/C15H10Cl2N4O/c1-22-14-6-9(7-18)2-3-13(14)20-21-15-11(16)4-10(8-19)5-12(15)17/h2-6,20-21H,1H3. The molecule has 0 aliphatic carbocycles. The number of hydrazine groups is 1.